The molecule has 0 unspecified atom stereocenters. The summed E-state index contributed by atoms with van der Waals surface area (Å²) in [6.07, 6.45) is 1.26. The summed E-state index contributed by atoms with van der Waals surface area (Å²) in [5.41, 5.74) is 6.52. The van der Waals surface area contributed by atoms with E-state index in [-0.39, 0.29) is 12.4 Å². The highest BCUT2D eigenvalue weighted by molar-refractivity contribution is 5.98. The molecule has 1 aliphatic heterocycles. The molecule has 8 heteroatoms. The van der Waals surface area contributed by atoms with E-state index in [2.05, 4.69) is 14.8 Å². The number of nitrogen functional groups attached to an aromatic ring is 1. The summed E-state index contributed by atoms with van der Waals surface area (Å²) in [7, 11) is 0. The zero-order valence-corrected chi connectivity index (χ0v) is 10.5. The standard InChI is InChI=1S/C12H13N5O3/c1-14-7-3-17(11-9(7)10(13)15-5-16-11)12-8(19)2-6(4-18)20-12/h3,5-6,8,12,18-19H,2,4H2,(H2,13,15,16)/t6-,8+,12+/m0/s1. The van der Waals surface area contributed by atoms with Crippen LogP contribution in [0.1, 0.15) is 12.6 Å². The summed E-state index contributed by atoms with van der Waals surface area (Å²) >= 11 is 0. The highest BCUT2D eigenvalue weighted by Crippen LogP contribution is 2.37. The van der Waals surface area contributed by atoms with Crippen LogP contribution >= 0.6 is 0 Å². The molecule has 104 valence electrons. The minimum atomic E-state index is -0.780. The van der Waals surface area contributed by atoms with Crippen LogP contribution in [-0.2, 0) is 4.74 Å². The number of nitrogens with two attached hydrogens (primary N) is 1. The Morgan fingerprint density at radius 3 is 3.00 bits per heavy atom. The van der Waals surface area contributed by atoms with E-state index < -0.39 is 18.4 Å². The molecule has 4 N–H and O–H groups in total. The fourth-order valence-electron chi connectivity index (χ4n) is 2.46. The van der Waals surface area contributed by atoms with Crippen LogP contribution in [0.2, 0.25) is 0 Å². The molecule has 0 aliphatic carbocycles. The van der Waals surface area contributed by atoms with Crippen molar-refractivity contribution in [1.82, 2.24) is 14.5 Å². The first kappa shape index (κ1) is 12.8. The first-order valence-corrected chi connectivity index (χ1v) is 6.08. The van der Waals surface area contributed by atoms with Crippen LogP contribution < -0.4 is 5.73 Å². The van der Waals surface area contributed by atoms with E-state index in [4.69, 9.17) is 22.1 Å². The van der Waals surface area contributed by atoms with Crippen molar-refractivity contribution in [2.75, 3.05) is 12.3 Å². The number of hydrogen-bond acceptors (Lipinski definition) is 6. The van der Waals surface area contributed by atoms with E-state index in [1.54, 1.807) is 4.57 Å². The summed E-state index contributed by atoms with van der Waals surface area (Å²) in [6.45, 7) is 7.02. The number of anilines is 1. The molecule has 0 bridgehead atoms. The van der Waals surface area contributed by atoms with E-state index in [0.29, 0.717) is 23.1 Å². The van der Waals surface area contributed by atoms with Crippen molar-refractivity contribution in [2.24, 2.45) is 0 Å². The molecule has 1 fully saturated rings. The quantitative estimate of drug-likeness (QED) is 0.675. The normalized spacial score (nSPS) is 25.9. The largest absolute Gasteiger partial charge is 0.394 e. The Hall–Kier alpha value is -2.21. The first-order valence-electron chi connectivity index (χ1n) is 6.08. The van der Waals surface area contributed by atoms with Crippen molar-refractivity contribution in [3.8, 4) is 0 Å². The Labute approximate surface area is 114 Å². The molecule has 2 aromatic rings. The minimum Gasteiger partial charge on any atom is -0.394 e. The second-order valence-corrected chi connectivity index (χ2v) is 4.63. The van der Waals surface area contributed by atoms with Crippen molar-refractivity contribution >= 4 is 22.5 Å². The van der Waals surface area contributed by atoms with E-state index in [9.17, 15) is 5.11 Å². The maximum absolute atomic E-state index is 10.0. The van der Waals surface area contributed by atoms with E-state index in [1.807, 2.05) is 0 Å². The van der Waals surface area contributed by atoms with Crippen LogP contribution in [0.3, 0.4) is 0 Å². The molecule has 0 saturated carbocycles. The minimum absolute atomic E-state index is 0.167. The molecule has 20 heavy (non-hydrogen) atoms. The van der Waals surface area contributed by atoms with Crippen molar-refractivity contribution in [3.05, 3.63) is 23.9 Å². The third-order valence-electron chi connectivity index (χ3n) is 3.38. The number of rotatable bonds is 2. The van der Waals surface area contributed by atoms with Gasteiger partial charge in [0.05, 0.1) is 24.7 Å². The van der Waals surface area contributed by atoms with Crippen LogP contribution in [-0.4, -0.2) is 43.6 Å². The van der Waals surface area contributed by atoms with Crippen molar-refractivity contribution in [2.45, 2.75) is 24.9 Å². The number of ether oxygens (including phenoxy) is 1. The molecule has 3 atom stereocenters. The fraction of sp³-hybridized carbons (Fsp3) is 0.417. The van der Waals surface area contributed by atoms with Gasteiger partial charge in [-0.2, -0.15) is 0 Å². The van der Waals surface area contributed by atoms with Gasteiger partial charge in [0.25, 0.3) is 0 Å². The molecule has 1 saturated heterocycles. The van der Waals surface area contributed by atoms with Crippen LogP contribution in [0.5, 0.6) is 0 Å². The molecule has 0 aromatic carbocycles. The lowest BCUT2D eigenvalue weighted by molar-refractivity contribution is -0.0483. The average Bonchev–Trinajstić information content (AvgIpc) is 3.00. The molecule has 3 heterocycles. The Bertz CT molecular complexity index is 692. The fourth-order valence-corrected chi connectivity index (χ4v) is 2.46. The van der Waals surface area contributed by atoms with Gasteiger partial charge in [-0.1, -0.05) is 0 Å². The number of aliphatic hydroxyl groups excluding tert-OH is 2. The maximum Gasteiger partial charge on any atom is 0.217 e. The lowest BCUT2D eigenvalue weighted by Crippen LogP contribution is -2.19. The monoisotopic (exact) mass is 275 g/mol. The topological polar surface area (TPSA) is 111 Å². The lowest BCUT2D eigenvalue weighted by Gasteiger charge is -2.17. The summed E-state index contributed by atoms with van der Waals surface area (Å²) in [5.74, 6) is 0.214. The summed E-state index contributed by atoms with van der Waals surface area (Å²) in [5, 5.41) is 19.6. The third kappa shape index (κ3) is 1.80. The molecule has 0 radical (unpaired) electrons. The number of fused-ring (bicyclic) bond motifs is 1. The smallest absolute Gasteiger partial charge is 0.217 e. The van der Waals surface area contributed by atoms with Gasteiger partial charge in [0.1, 0.15) is 23.9 Å². The SMILES string of the molecule is [C-]#[N+]c1cn([C@@H]2O[C@H](CO)C[C@H]2O)c2ncnc(N)c12. The molecule has 1 aliphatic rings. The maximum atomic E-state index is 10.0. The summed E-state index contributed by atoms with van der Waals surface area (Å²) in [4.78, 5) is 11.4. The van der Waals surface area contributed by atoms with Gasteiger partial charge in [0.2, 0.25) is 5.69 Å². The van der Waals surface area contributed by atoms with Gasteiger partial charge in [0, 0.05) is 12.6 Å². The Morgan fingerprint density at radius 2 is 2.35 bits per heavy atom. The number of hydrogen-bond donors (Lipinski definition) is 3. The molecular weight excluding hydrogens is 262 g/mol. The van der Waals surface area contributed by atoms with Crippen molar-refractivity contribution < 1.29 is 14.9 Å². The molecular formula is C12H13N5O3. The van der Waals surface area contributed by atoms with Gasteiger partial charge in [0.15, 0.2) is 6.23 Å². The Balaban J connectivity index is 2.14. The van der Waals surface area contributed by atoms with E-state index in [1.165, 1.54) is 12.5 Å². The molecule has 2 aromatic heterocycles. The third-order valence-corrected chi connectivity index (χ3v) is 3.38. The van der Waals surface area contributed by atoms with Gasteiger partial charge in [-0.05, 0) is 0 Å². The molecule has 0 spiro atoms. The Morgan fingerprint density at radius 1 is 1.55 bits per heavy atom. The lowest BCUT2D eigenvalue weighted by atomic mass is 10.2. The highest BCUT2D eigenvalue weighted by Gasteiger charge is 2.36. The van der Waals surface area contributed by atoms with Crippen LogP contribution in [0.15, 0.2) is 12.5 Å². The van der Waals surface area contributed by atoms with Crippen LogP contribution in [0.4, 0.5) is 11.5 Å². The zero-order chi connectivity index (χ0) is 14.3. The van der Waals surface area contributed by atoms with Crippen LogP contribution in [0, 0.1) is 6.57 Å². The number of aromatic nitrogens is 3. The van der Waals surface area contributed by atoms with Crippen molar-refractivity contribution in [1.29, 1.82) is 0 Å². The molecule has 0 amide bonds. The number of nitrogens with zero attached hydrogens (tertiary/aromatic N) is 4. The molecule has 8 nitrogen and oxygen atoms in total. The molecule has 3 rings (SSSR count). The highest BCUT2D eigenvalue weighted by atomic mass is 16.5. The first-order chi connectivity index (χ1) is 9.65. The van der Waals surface area contributed by atoms with Gasteiger partial charge in [-0.15, -0.1) is 0 Å². The second kappa shape index (κ2) is 4.72. The predicted molar refractivity (Wildman–Crippen MR) is 69.8 cm³/mol. The summed E-state index contributed by atoms with van der Waals surface area (Å²) in [6, 6.07) is 0. The van der Waals surface area contributed by atoms with Gasteiger partial charge < -0.3 is 25.3 Å². The van der Waals surface area contributed by atoms with Gasteiger partial charge in [-0.3, -0.25) is 0 Å². The van der Waals surface area contributed by atoms with E-state index in [0.717, 1.165) is 0 Å². The number of aliphatic hydroxyl groups is 2. The van der Waals surface area contributed by atoms with Crippen LogP contribution in [0.25, 0.3) is 15.9 Å². The van der Waals surface area contributed by atoms with Gasteiger partial charge >= 0.3 is 0 Å². The van der Waals surface area contributed by atoms with E-state index >= 15 is 0 Å². The Kier molecular flexibility index (Phi) is 3.02. The summed E-state index contributed by atoms with van der Waals surface area (Å²) < 4.78 is 7.14. The average molecular weight is 275 g/mol. The zero-order valence-electron chi connectivity index (χ0n) is 10.5. The predicted octanol–water partition coefficient (Wildman–Crippen LogP) is 0.205. The van der Waals surface area contributed by atoms with Crippen molar-refractivity contribution in [3.63, 3.8) is 0 Å². The van der Waals surface area contributed by atoms with Gasteiger partial charge in [-0.25, -0.2) is 14.8 Å². The second-order valence-electron chi connectivity index (χ2n) is 4.63.